The summed E-state index contributed by atoms with van der Waals surface area (Å²) in [6.45, 7) is 2.38. The molecule has 6 nitrogen and oxygen atoms in total. The van der Waals surface area contributed by atoms with Crippen LogP contribution in [0, 0.1) is 6.92 Å². The molecule has 1 aliphatic rings. The number of nitrogens with one attached hydrogen (secondary N) is 2. The molecule has 3 rings (SSSR count). The van der Waals surface area contributed by atoms with Gasteiger partial charge in [-0.05, 0) is 69.8 Å². The molecule has 0 radical (unpaired) electrons. The van der Waals surface area contributed by atoms with Gasteiger partial charge in [0.1, 0.15) is 0 Å². The lowest BCUT2D eigenvalue weighted by Gasteiger charge is -2.36. The Morgan fingerprint density at radius 1 is 1.13 bits per heavy atom. The summed E-state index contributed by atoms with van der Waals surface area (Å²) in [6.07, 6.45) is 4.30. The first-order valence-corrected chi connectivity index (χ1v) is 11.8. The summed E-state index contributed by atoms with van der Waals surface area (Å²) in [5.41, 5.74) is 1.48. The highest BCUT2D eigenvalue weighted by molar-refractivity contribution is 7.92. The molecule has 0 aliphatic heterocycles. The molecule has 1 saturated carbocycles. The lowest BCUT2D eigenvalue weighted by molar-refractivity contribution is 0.0900. The molecule has 0 spiro atoms. The highest BCUT2D eigenvalue weighted by Crippen LogP contribution is 2.33. The molecule has 0 atom stereocenters. The number of hydrogen-bond acceptors (Lipinski definition) is 4. The third-order valence-electron chi connectivity index (χ3n) is 5.82. The molecule has 0 saturated heterocycles. The van der Waals surface area contributed by atoms with E-state index in [0.717, 1.165) is 31.2 Å². The second-order valence-electron chi connectivity index (χ2n) is 8.13. The van der Waals surface area contributed by atoms with E-state index in [0.29, 0.717) is 12.2 Å². The van der Waals surface area contributed by atoms with Gasteiger partial charge >= 0.3 is 0 Å². The van der Waals surface area contributed by atoms with Gasteiger partial charge in [0.15, 0.2) is 0 Å². The molecule has 2 aromatic carbocycles. The van der Waals surface area contributed by atoms with Crippen LogP contribution in [-0.4, -0.2) is 45.4 Å². The highest BCUT2D eigenvalue weighted by atomic mass is 35.5. The minimum atomic E-state index is -3.86. The maximum atomic E-state index is 12.8. The fraction of sp³-hybridized carbons (Fsp3) is 0.409. The van der Waals surface area contributed by atoms with Crippen molar-refractivity contribution in [2.75, 3.05) is 25.4 Å². The van der Waals surface area contributed by atoms with Gasteiger partial charge in [-0.15, -0.1) is 0 Å². The molecule has 0 bridgehead atoms. The van der Waals surface area contributed by atoms with Crippen molar-refractivity contribution < 1.29 is 13.2 Å². The van der Waals surface area contributed by atoms with Crippen molar-refractivity contribution in [3.63, 3.8) is 0 Å². The van der Waals surface area contributed by atoms with Gasteiger partial charge in [-0.2, -0.15) is 0 Å². The number of aryl methyl sites for hydroxylation is 1. The molecule has 8 heteroatoms. The molecular weight excluding hydrogens is 422 g/mol. The van der Waals surface area contributed by atoms with E-state index >= 15 is 0 Å². The average molecular weight is 450 g/mol. The Bertz CT molecular complexity index is 1030. The zero-order valence-corrected chi connectivity index (χ0v) is 19.1. The second-order valence-corrected chi connectivity index (χ2v) is 10.2. The number of benzene rings is 2. The molecule has 0 heterocycles. The Morgan fingerprint density at radius 3 is 2.47 bits per heavy atom. The molecule has 2 aromatic rings. The van der Waals surface area contributed by atoms with Crippen molar-refractivity contribution in [1.29, 1.82) is 0 Å². The predicted molar refractivity (Wildman–Crippen MR) is 121 cm³/mol. The zero-order chi connectivity index (χ0) is 21.9. The monoisotopic (exact) mass is 449 g/mol. The summed E-state index contributed by atoms with van der Waals surface area (Å²) in [4.78, 5) is 15.0. The molecular formula is C22H28ClN3O3S. The highest BCUT2D eigenvalue weighted by Gasteiger charge is 2.36. The van der Waals surface area contributed by atoms with Gasteiger partial charge < -0.3 is 10.2 Å². The maximum Gasteiger partial charge on any atom is 0.261 e. The summed E-state index contributed by atoms with van der Waals surface area (Å²) >= 11 is 6.23. The summed E-state index contributed by atoms with van der Waals surface area (Å²) < 4.78 is 28.2. The topological polar surface area (TPSA) is 78.5 Å². The second kappa shape index (κ2) is 8.96. The normalized spacial score (nSPS) is 15.9. The van der Waals surface area contributed by atoms with E-state index in [2.05, 4.69) is 14.9 Å². The third kappa shape index (κ3) is 4.96. The number of sulfonamides is 1. The molecule has 162 valence electrons. The van der Waals surface area contributed by atoms with Crippen molar-refractivity contribution in [1.82, 2.24) is 10.2 Å². The van der Waals surface area contributed by atoms with Crippen molar-refractivity contribution in [2.45, 2.75) is 43.0 Å². The van der Waals surface area contributed by atoms with Crippen LogP contribution in [0.25, 0.3) is 0 Å². The van der Waals surface area contributed by atoms with E-state index in [9.17, 15) is 13.2 Å². The van der Waals surface area contributed by atoms with Crippen LogP contribution in [0.15, 0.2) is 47.4 Å². The van der Waals surface area contributed by atoms with E-state index in [1.54, 1.807) is 18.2 Å². The number of likely N-dealkylation sites (N-methyl/N-ethyl adjacent to an activating group) is 1. The van der Waals surface area contributed by atoms with E-state index in [1.807, 2.05) is 27.1 Å². The van der Waals surface area contributed by atoms with E-state index in [4.69, 9.17) is 11.6 Å². The Labute approximate surface area is 183 Å². The first-order chi connectivity index (χ1) is 14.1. The van der Waals surface area contributed by atoms with Gasteiger partial charge in [0.2, 0.25) is 0 Å². The number of nitrogens with zero attached hydrogens (tertiary/aromatic N) is 1. The minimum Gasteiger partial charge on any atom is -0.350 e. The van der Waals surface area contributed by atoms with Gasteiger partial charge in [-0.3, -0.25) is 9.52 Å². The van der Waals surface area contributed by atoms with E-state index in [-0.39, 0.29) is 26.9 Å². The van der Waals surface area contributed by atoms with Crippen LogP contribution in [0.2, 0.25) is 5.02 Å². The van der Waals surface area contributed by atoms with Crippen LogP contribution in [0.3, 0.4) is 0 Å². The number of hydrogen-bond donors (Lipinski definition) is 2. The maximum absolute atomic E-state index is 12.8. The van der Waals surface area contributed by atoms with Gasteiger partial charge in [0.05, 0.1) is 15.5 Å². The Morgan fingerprint density at radius 2 is 1.83 bits per heavy atom. The van der Waals surface area contributed by atoms with Crippen molar-refractivity contribution >= 4 is 33.2 Å². The summed E-state index contributed by atoms with van der Waals surface area (Å²) in [5.74, 6) is -0.374. The van der Waals surface area contributed by atoms with E-state index in [1.165, 1.54) is 18.2 Å². The first kappa shape index (κ1) is 22.6. The Kier molecular flexibility index (Phi) is 6.75. The number of amides is 1. The molecule has 1 fully saturated rings. The Balaban J connectivity index is 1.79. The van der Waals surface area contributed by atoms with Crippen LogP contribution in [-0.2, 0) is 10.0 Å². The number of halogens is 1. The van der Waals surface area contributed by atoms with Crippen LogP contribution >= 0.6 is 11.6 Å². The standard InChI is InChI=1S/C22H28ClN3O3S/c1-16-7-6-8-17(13-16)25-30(28,29)18-9-10-20(23)19(14-18)21(27)24-15-22(26(2)3)11-4-5-12-22/h6-10,13-14,25H,4-5,11-12,15H2,1-3H3,(H,24,27). The van der Waals surface area contributed by atoms with Gasteiger partial charge in [-0.1, -0.05) is 36.6 Å². The van der Waals surface area contributed by atoms with Gasteiger partial charge in [0.25, 0.3) is 15.9 Å². The summed E-state index contributed by atoms with van der Waals surface area (Å²) in [7, 11) is 0.189. The molecule has 0 aromatic heterocycles. The quantitative estimate of drug-likeness (QED) is 0.668. The SMILES string of the molecule is Cc1cccc(NS(=O)(=O)c2ccc(Cl)c(C(=O)NCC3(N(C)C)CCCC3)c2)c1. The number of carbonyl (C=O) groups is 1. The van der Waals surface area contributed by atoms with Crippen LogP contribution in [0.1, 0.15) is 41.6 Å². The van der Waals surface area contributed by atoms with Crippen LogP contribution in [0.5, 0.6) is 0 Å². The van der Waals surface area contributed by atoms with E-state index < -0.39 is 10.0 Å². The molecule has 30 heavy (non-hydrogen) atoms. The lowest BCUT2D eigenvalue weighted by atomic mass is 9.96. The fourth-order valence-corrected chi connectivity index (χ4v) is 5.20. The molecule has 0 unspecified atom stereocenters. The average Bonchev–Trinajstić information content (AvgIpc) is 3.16. The summed E-state index contributed by atoms with van der Waals surface area (Å²) in [5, 5.41) is 3.17. The predicted octanol–water partition coefficient (Wildman–Crippen LogP) is 4.05. The smallest absolute Gasteiger partial charge is 0.261 e. The molecule has 2 N–H and O–H groups in total. The van der Waals surface area contributed by atoms with Gasteiger partial charge in [0, 0.05) is 17.8 Å². The number of anilines is 1. The van der Waals surface area contributed by atoms with Crippen molar-refractivity contribution in [3.8, 4) is 0 Å². The van der Waals surface area contributed by atoms with Crippen LogP contribution in [0.4, 0.5) is 5.69 Å². The number of carbonyl (C=O) groups excluding carboxylic acids is 1. The van der Waals surface area contributed by atoms with Gasteiger partial charge in [-0.25, -0.2) is 8.42 Å². The zero-order valence-electron chi connectivity index (χ0n) is 17.5. The number of rotatable bonds is 7. The largest absolute Gasteiger partial charge is 0.350 e. The molecule has 1 aliphatic carbocycles. The summed E-state index contributed by atoms with van der Waals surface area (Å²) in [6, 6.07) is 11.2. The molecule has 1 amide bonds. The fourth-order valence-electron chi connectivity index (χ4n) is 3.92. The minimum absolute atomic E-state index is 0.0123. The third-order valence-corrected chi connectivity index (χ3v) is 7.53. The van der Waals surface area contributed by atoms with Crippen LogP contribution < -0.4 is 10.0 Å². The first-order valence-electron chi connectivity index (χ1n) is 9.98. The Hall–Kier alpha value is -2.09. The van der Waals surface area contributed by atoms with Crippen molar-refractivity contribution in [2.24, 2.45) is 0 Å². The van der Waals surface area contributed by atoms with Crippen molar-refractivity contribution in [3.05, 3.63) is 58.6 Å². The lowest BCUT2D eigenvalue weighted by Crippen LogP contribution is -2.50.